The van der Waals surface area contributed by atoms with Gasteiger partial charge in [0.05, 0.1) is 16.8 Å². The van der Waals surface area contributed by atoms with Gasteiger partial charge in [0.1, 0.15) is 14.9 Å². The third-order valence-corrected chi connectivity index (χ3v) is 6.65. The molecule has 0 atom stereocenters. The number of rotatable bonds is 4. The normalized spacial score (nSPS) is 11.5. The Bertz CT molecular complexity index is 1100. The van der Waals surface area contributed by atoms with Crippen LogP contribution in [0, 0.1) is 20.8 Å². The van der Waals surface area contributed by atoms with Gasteiger partial charge in [-0.15, -0.1) is 22.7 Å². The lowest BCUT2D eigenvalue weighted by Gasteiger charge is -2.06. The molecule has 0 aliphatic heterocycles. The van der Waals surface area contributed by atoms with Gasteiger partial charge in [0, 0.05) is 10.4 Å². The van der Waals surface area contributed by atoms with Crippen molar-refractivity contribution in [2.24, 2.45) is 5.73 Å². The van der Waals surface area contributed by atoms with Gasteiger partial charge in [-0.1, -0.05) is 12.1 Å². The molecule has 2 amide bonds. The lowest BCUT2D eigenvalue weighted by molar-refractivity contribution is -0.137. The van der Waals surface area contributed by atoms with Crippen LogP contribution in [-0.4, -0.2) is 16.8 Å². The van der Waals surface area contributed by atoms with Gasteiger partial charge in [-0.05, 0) is 38.5 Å². The van der Waals surface area contributed by atoms with Crippen LogP contribution in [0.1, 0.15) is 41.7 Å². The number of benzene rings is 1. The number of nitrogens with one attached hydrogen (secondary N) is 1. The lowest BCUT2D eigenvalue weighted by Crippen LogP contribution is -2.17. The molecule has 0 bridgehead atoms. The summed E-state index contributed by atoms with van der Waals surface area (Å²) in [5.74, 6) is -1.09. The second kappa shape index (κ2) is 7.60. The number of anilines is 1. The van der Waals surface area contributed by atoms with E-state index < -0.39 is 23.6 Å². The Morgan fingerprint density at radius 3 is 2.24 bits per heavy atom. The minimum Gasteiger partial charge on any atom is -0.365 e. The molecule has 2 heterocycles. The maximum Gasteiger partial charge on any atom is 0.416 e. The number of hydrogen-bond acceptors (Lipinski definition) is 5. The van der Waals surface area contributed by atoms with Crippen LogP contribution >= 0.6 is 22.7 Å². The van der Waals surface area contributed by atoms with Crippen molar-refractivity contribution >= 4 is 39.5 Å². The first-order chi connectivity index (χ1) is 13.5. The number of aryl methyl sites for hydroxylation is 2. The van der Waals surface area contributed by atoms with Gasteiger partial charge in [0.2, 0.25) is 0 Å². The Kier molecular flexibility index (Phi) is 5.50. The number of thiazole rings is 1. The van der Waals surface area contributed by atoms with Crippen molar-refractivity contribution < 1.29 is 22.8 Å². The van der Waals surface area contributed by atoms with Crippen molar-refractivity contribution in [1.29, 1.82) is 0 Å². The van der Waals surface area contributed by atoms with Crippen LogP contribution in [0.25, 0.3) is 10.6 Å². The number of primary amides is 1. The zero-order valence-electron chi connectivity index (χ0n) is 15.6. The fourth-order valence-corrected chi connectivity index (χ4v) is 4.73. The summed E-state index contributed by atoms with van der Waals surface area (Å²) in [7, 11) is 0. The molecule has 152 valence electrons. The highest BCUT2D eigenvalue weighted by atomic mass is 32.1. The van der Waals surface area contributed by atoms with Crippen LogP contribution in [-0.2, 0) is 6.18 Å². The number of amides is 2. The predicted molar refractivity (Wildman–Crippen MR) is 108 cm³/mol. The molecule has 0 aliphatic carbocycles. The molecule has 3 rings (SSSR count). The van der Waals surface area contributed by atoms with E-state index in [1.165, 1.54) is 23.5 Å². The van der Waals surface area contributed by atoms with E-state index in [2.05, 4.69) is 10.3 Å². The van der Waals surface area contributed by atoms with Crippen molar-refractivity contribution in [3.05, 3.63) is 56.4 Å². The van der Waals surface area contributed by atoms with Crippen LogP contribution in [0.5, 0.6) is 0 Å². The number of alkyl halides is 3. The smallest absolute Gasteiger partial charge is 0.365 e. The van der Waals surface area contributed by atoms with E-state index in [0.29, 0.717) is 31.7 Å². The highest BCUT2D eigenvalue weighted by Crippen LogP contribution is 2.35. The quantitative estimate of drug-likeness (QED) is 0.588. The van der Waals surface area contributed by atoms with Crippen molar-refractivity contribution in [3.63, 3.8) is 0 Å². The summed E-state index contributed by atoms with van der Waals surface area (Å²) in [6, 6.07) is 4.59. The summed E-state index contributed by atoms with van der Waals surface area (Å²) < 4.78 is 38.2. The van der Waals surface area contributed by atoms with E-state index in [1.807, 2.05) is 6.92 Å². The first-order valence-corrected chi connectivity index (χ1v) is 9.98. The first-order valence-electron chi connectivity index (χ1n) is 8.35. The molecule has 0 saturated carbocycles. The molecular weight excluding hydrogens is 423 g/mol. The highest BCUT2D eigenvalue weighted by molar-refractivity contribution is 7.18. The monoisotopic (exact) mass is 439 g/mol. The zero-order valence-corrected chi connectivity index (χ0v) is 17.2. The minimum atomic E-state index is -4.42. The van der Waals surface area contributed by atoms with Crippen molar-refractivity contribution in [2.45, 2.75) is 26.9 Å². The third-order valence-electron chi connectivity index (χ3n) is 4.32. The minimum absolute atomic E-state index is 0.269. The molecule has 10 heteroatoms. The van der Waals surface area contributed by atoms with Crippen LogP contribution in [0.4, 0.5) is 18.2 Å². The number of aromatic nitrogens is 1. The molecule has 0 fully saturated rings. The topological polar surface area (TPSA) is 85.1 Å². The molecule has 29 heavy (non-hydrogen) atoms. The second-order valence-corrected chi connectivity index (χ2v) is 8.54. The van der Waals surface area contributed by atoms with Crippen LogP contribution in [0.15, 0.2) is 24.3 Å². The summed E-state index contributed by atoms with van der Waals surface area (Å²) in [6.45, 7) is 5.21. The first kappa shape index (κ1) is 21.0. The van der Waals surface area contributed by atoms with E-state index in [1.54, 1.807) is 13.8 Å². The highest BCUT2D eigenvalue weighted by Gasteiger charge is 2.30. The maximum atomic E-state index is 12.7. The van der Waals surface area contributed by atoms with Crippen molar-refractivity contribution in [1.82, 2.24) is 4.98 Å². The van der Waals surface area contributed by atoms with Gasteiger partial charge in [-0.2, -0.15) is 13.2 Å². The van der Waals surface area contributed by atoms with Crippen LogP contribution in [0.2, 0.25) is 0 Å². The van der Waals surface area contributed by atoms with E-state index >= 15 is 0 Å². The molecule has 3 N–H and O–H groups in total. The van der Waals surface area contributed by atoms with Gasteiger partial charge in [-0.25, -0.2) is 4.98 Å². The summed E-state index contributed by atoms with van der Waals surface area (Å²) in [5.41, 5.74) is 6.57. The molecule has 0 spiro atoms. The Hall–Kier alpha value is -2.72. The summed E-state index contributed by atoms with van der Waals surface area (Å²) in [4.78, 5) is 29.9. The standard InChI is InChI=1S/C19H16F3N3O2S2/c1-8-10(3)28-18(13(8)15(23)26)25-16(27)14-9(2)24-17(29-14)11-4-6-12(7-5-11)19(20,21)22/h4-7H,1-3H3,(H2,23,26)(H,25,27). The van der Waals surface area contributed by atoms with Crippen molar-refractivity contribution in [3.8, 4) is 10.6 Å². The molecule has 1 aromatic carbocycles. The average Bonchev–Trinajstić information content (AvgIpc) is 3.14. The van der Waals surface area contributed by atoms with Gasteiger partial charge in [-0.3, -0.25) is 9.59 Å². The number of halogens is 3. The van der Waals surface area contributed by atoms with Gasteiger partial charge < -0.3 is 11.1 Å². The summed E-state index contributed by atoms with van der Waals surface area (Å²) in [5, 5.41) is 3.49. The van der Waals surface area contributed by atoms with Crippen LogP contribution in [0.3, 0.4) is 0 Å². The Labute approximate surface area is 172 Å². The Morgan fingerprint density at radius 2 is 1.69 bits per heavy atom. The Balaban J connectivity index is 1.88. The zero-order chi connectivity index (χ0) is 21.5. The summed E-state index contributed by atoms with van der Waals surface area (Å²) >= 11 is 2.31. The van der Waals surface area contributed by atoms with E-state index in [-0.39, 0.29) is 5.56 Å². The van der Waals surface area contributed by atoms with Crippen molar-refractivity contribution in [2.75, 3.05) is 5.32 Å². The lowest BCUT2D eigenvalue weighted by atomic mass is 10.1. The van der Waals surface area contributed by atoms with Crippen LogP contribution < -0.4 is 11.1 Å². The van der Waals surface area contributed by atoms with E-state index in [4.69, 9.17) is 5.73 Å². The summed E-state index contributed by atoms with van der Waals surface area (Å²) in [6.07, 6.45) is -4.42. The van der Waals surface area contributed by atoms with Gasteiger partial charge in [0.25, 0.3) is 11.8 Å². The molecule has 2 aromatic heterocycles. The largest absolute Gasteiger partial charge is 0.416 e. The number of carbonyl (C=O) groups is 2. The third kappa shape index (κ3) is 4.18. The fraction of sp³-hybridized carbons (Fsp3) is 0.211. The predicted octanol–water partition coefficient (Wildman–Crippen LogP) is 5.17. The van der Waals surface area contributed by atoms with Gasteiger partial charge in [0.15, 0.2) is 0 Å². The van der Waals surface area contributed by atoms with Gasteiger partial charge >= 0.3 is 6.18 Å². The molecule has 0 unspecified atom stereocenters. The number of thiophene rings is 1. The molecule has 3 aromatic rings. The van der Waals surface area contributed by atoms with E-state index in [0.717, 1.165) is 28.3 Å². The molecule has 5 nitrogen and oxygen atoms in total. The molecule has 0 saturated heterocycles. The van der Waals surface area contributed by atoms with E-state index in [9.17, 15) is 22.8 Å². The fourth-order valence-electron chi connectivity index (χ4n) is 2.70. The number of hydrogen-bond donors (Lipinski definition) is 2. The maximum absolute atomic E-state index is 12.7. The number of carbonyl (C=O) groups excluding carboxylic acids is 2. The average molecular weight is 439 g/mol. The molecule has 0 aliphatic rings. The number of nitrogens with zero attached hydrogens (tertiary/aromatic N) is 1. The molecule has 0 radical (unpaired) electrons. The Morgan fingerprint density at radius 1 is 1.07 bits per heavy atom. The number of nitrogens with two attached hydrogens (primary N) is 1. The second-order valence-electron chi connectivity index (χ2n) is 6.31. The molecular formula is C19H16F3N3O2S2. The SMILES string of the molecule is Cc1nc(-c2ccc(C(F)(F)F)cc2)sc1C(=O)Nc1sc(C)c(C)c1C(N)=O.